The Morgan fingerprint density at radius 1 is 1.38 bits per heavy atom. The zero-order chi connectivity index (χ0) is 14.8. The Bertz CT molecular complexity index is 647. The van der Waals surface area contributed by atoms with Gasteiger partial charge in [0.15, 0.2) is 0 Å². The first kappa shape index (κ1) is 14.1. The molecule has 3 rings (SSSR count). The van der Waals surface area contributed by atoms with Gasteiger partial charge in [0.2, 0.25) is 5.91 Å². The minimum atomic E-state index is -0.178. The van der Waals surface area contributed by atoms with Crippen molar-refractivity contribution in [3.05, 3.63) is 35.5 Å². The number of hydrogen-bond donors (Lipinski definition) is 3. The Morgan fingerprint density at radius 2 is 2.19 bits per heavy atom. The van der Waals surface area contributed by atoms with Crippen molar-refractivity contribution < 1.29 is 9.90 Å². The fourth-order valence-electron chi connectivity index (χ4n) is 3.28. The van der Waals surface area contributed by atoms with Crippen LogP contribution in [0.25, 0.3) is 10.9 Å². The number of H-pyrrole nitrogens is 1. The van der Waals surface area contributed by atoms with Crippen LogP contribution in [0.3, 0.4) is 0 Å². The molecule has 2 atom stereocenters. The number of para-hydroxylation sites is 1. The maximum Gasteiger partial charge on any atom is 0.224 e. The normalized spacial score (nSPS) is 21.8. The van der Waals surface area contributed by atoms with E-state index in [-0.39, 0.29) is 12.0 Å². The Balaban J connectivity index is 1.62. The number of aromatic amines is 1. The lowest BCUT2D eigenvalue weighted by Crippen LogP contribution is -2.30. The summed E-state index contributed by atoms with van der Waals surface area (Å²) in [4.78, 5) is 15.5. The molecule has 1 aliphatic carbocycles. The smallest absolute Gasteiger partial charge is 0.224 e. The van der Waals surface area contributed by atoms with Gasteiger partial charge in [0, 0.05) is 23.1 Å². The van der Waals surface area contributed by atoms with E-state index in [1.165, 1.54) is 0 Å². The molecule has 0 saturated heterocycles. The number of carbonyl (C=O) groups is 1. The number of benzene rings is 1. The maximum absolute atomic E-state index is 12.2. The molecule has 1 aromatic heterocycles. The van der Waals surface area contributed by atoms with E-state index in [0.29, 0.717) is 18.9 Å². The van der Waals surface area contributed by atoms with Crippen molar-refractivity contribution in [1.29, 1.82) is 0 Å². The first-order chi connectivity index (χ1) is 10.1. The van der Waals surface area contributed by atoms with Gasteiger partial charge in [-0.2, -0.15) is 0 Å². The van der Waals surface area contributed by atoms with E-state index in [1.807, 2.05) is 25.1 Å². The molecule has 1 fully saturated rings. The molecule has 4 heteroatoms. The molecule has 0 radical (unpaired) electrons. The molecule has 3 N–H and O–H groups in total. The van der Waals surface area contributed by atoms with Crippen LogP contribution in [-0.4, -0.2) is 28.6 Å². The van der Waals surface area contributed by atoms with Gasteiger partial charge < -0.3 is 15.4 Å². The van der Waals surface area contributed by atoms with Gasteiger partial charge >= 0.3 is 0 Å². The van der Waals surface area contributed by atoms with Crippen molar-refractivity contribution in [3.8, 4) is 0 Å². The number of amides is 1. The molecular weight excluding hydrogens is 264 g/mol. The van der Waals surface area contributed by atoms with Crippen LogP contribution in [0.5, 0.6) is 0 Å². The predicted molar refractivity (Wildman–Crippen MR) is 83.1 cm³/mol. The molecule has 1 heterocycles. The summed E-state index contributed by atoms with van der Waals surface area (Å²) in [5.41, 5.74) is 3.22. The number of carbonyl (C=O) groups excluding carboxylic acids is 1. The summed E-state index contributed by atoms with van der Waals surface area (Å²) in [6, 6.07) is 8.07. The molecule has 4 nitrogen and oxygen atoms in total. The van der Waals surface area contributed by atoms with Gasteiger partial charge in [0.05, 0.1) is 12.5 Å². The van der Waals surface area contributed by atoms with Gasteiger partial charge in [0.1, 0.15) is 0 Å². The standard InChI is InChI=1S/C17H22N2O2/c1-11-15(14-4-2-3-5-16(14)19-11)9-17(21)18-10-12-6-7-13(20)8-12/h2-5,12-13,19-20H,6-10H2,1H3,(H,18,21). The van der Waals surface area contributed by atoms with E-state index >= 15 is 0 Å². The molecule has 0 bridgehead atoms. The number of aromatic nitrogens is 1. The van der Waals surface area contributed by atoms with Crippen molar-refractivity contribution in [3.63, 3.8) is 0 Å². The van der Waals surface area contributed by atoms with E-state index < -0.39 is 0 Å². The van der Waals surface area contributed by atoms with E-state index in [0.717, 1.165) is 41.4 Å². The Kier molecular flexibility index (Phi) is 3.97. The fraction of sp³-hybridized carbons (Fsp3) is 0.471. The first-order valence-corrected chi connectivity index (χ1v) is 7.64. The predicted octanol–water partition coefficient (Wildman–Crippen LogP) is 2.30. The lowest BCUT2D eigenvalue weighted by Gasteiger charge is -2.11. The number of aliphatic hydroxyl groups is 1. The zero-order valence-electron chi connectivity index (χ0n) is 12.4. The summed E-state index contributed by atoms with van der Waals surface area (Å²) in [6.07, 6.45) is 2.91. The Morgan fingerprint density at radius 3 is 2.95 bits per heavy atom. The second kappa shape index (κ2) is 5.90. The number of nitrogens with one attached hydrogen (secondary N) is 2. The quantitative estimate of drug-likeness (QED) is 0.807. The summed E-state index contributed by atoms with van der Waals surface area (Å²) in [7, 11) is 0. The maximum atomic E-state index is 12.2. The minimum absolute atomic E-state index is 0.0595. The lowest BCUT2D eigenvalue weighted by atomic mass is 10.1. The molecule has 112 valence electrons. The van der Waals surface area contributed by atoms with Crippen molar-refractivity contribution in [2.45, 2.75) is 38.7 Å². The van der Waals surface area contributed by atoms with E-state index in [1.54, 1.807) is 0 Å². The molecule has 1 amide bonds. The average molecular weight is 286 g/mol. The van der Waals surface area contributed by atoms with Crippen LogP contribution in [0.15, 0.2) is 24.3 Å². The first-order valence-electron chi connectivity index (χ1n) is 7.64. The summed E-state index contributed by atoms with van der Waals surface area (Å²) < 4.78 is 0. The summed E-state index contributed by atoms with van der Waals surface area (Å²) in [6.45, 7) is 2.69. The van der Waals surface area contributed by atoms with Crippen LogP contribution in [0.4, 0.5) is 0 Å². The third-order valence-electron chi connectivity index (χ3n) is 4.47. The molecular formula is C17H22N2O2. The van der Waals surface area contributed by atoms with Crippen molar-refractivity contribution in [2.24, 2.45) is 5.92 Å². The lowest BCUT2D eigenvalue weighted by molar-refractivity contribution is -0.120. The molecule has 2 unspecified atom stereocenters. The minimum Gasteiger partial charge on any atom is -0.393 e. The molecule has 0 spiro atoms. The highest BCUT2D eigenvalue weighted by Gasteiger charge is 2.23. The fourth-order valence-corrected chi connectivity index (χ4v) is 3.28. The second-order valence-electron chi connectivity index (χ2n) is 6.09. The topological polar surface area (TPSA) is 65.1 Å². The van der Waals surface area contributed by atoms with Gasteiger partial charge in [-0.3, -0.25) is 4.79 Å². The van der Waals surface area contributed by atoms with Crippen LogP contribution < -0.4 is 5.32 Å². The van der Waals surface area contributed by atoms with Gasteiger partial charge in [-0.1, -0.05) is 18.2 Å². The highest BCUT2D eigenvalue weighted by Crippen LogP contribution is 2.25. The van der Waals surface area contributed by atoms with E-state index in [4.69, 9.17) is 0 Å². The molecule has 21 heavy (non-hydrogen) atoms. The van der Waals surface area contributed by atoms with Crippen LogP contribution in [-0.2, 0) is 11.2 Å². The van der Waals surface area contributed by atoms with E-state index in [2.05, 4.69) is 16.4 Å². The third kappa shape index (κ3) is 3.10. The number of rotatable bonds is 4. The molecule has 0 aliphatic heterocycles. The number of aliphatic hydroxyl groups excluding tert-OH is 1. The zero-order valence-corrected chi connectivity index (χ0v) is 12.4. The number of hydrogen-bond acceptors (Lipinski definition) is 2. The van der Waals surface area contributed by atoms with Gasteiger partial charge in [-0.25, -0.2) is 0 Å². The molecule has 1 saturated carbocycles. The number of aryl methyl sites for hydroxylation is 1. The van der Waals surface area contributed by atoms with Crippen LogP contribution in [0.2, 0.25) is 0 Å². The summed E-state index contributed by atoms with van der Waals surface area (Å²) in [5.74, 6) is 0.484. The van der Waals surface area contributed by atoms with Crippen LogP contribution >= 0.6 is 0 Å². The SMILES string of the molecule is Cc1[nH]c2ccccc2c1CC(=O)NCC1CCC(O)C1. The van der Waals surface area contributed by atoms with Gasteiger partial charge in [-0.05, 0) is 43.7 Å². The number of fused-ring (bicyclic) bond motifs is 1. The molecule has 2 aromatic rings. The van der Waals surface area contributed by atoms with Gasteiger partial charge in [0.25, 0.3) is 0 Å². The van der Waals surface area contributed by atoms with Crippen molar-refractivity contribution in [2.75, 3.05) is 6.54 Å². The highest BCUT2D eigenvalue weighted by atomic mass is 16.3. The molecule has 1 aromatic carbocycles. The van der Waals surface area contributed by atoms with Crippen LogP contribution in [0, 0.1) is 12.8 Å². The monoisotopic (exact) mass is 286 g/mol. The van der Waals surface area contributed by atoms with Gasteiger partial charge in [-0.15, -0.1) is 0 Å². The average Bonchev–Trinajstić information content (AvgIpc) is 3.01. The second-order valence-corrected chi connectivity index (χ2v) is 6.09. The van der Waals surface area contributed by atoms with Crippen LogP contribution in [0.1, 0.15) is 30.5 Å². The Hall–Kier alpha value is -1.81. The summed E-state index contributed by atoms with van der Waals surface area (Å²) >= 11 is 0. The molecule has 1 aliphatic rings. The largest absolute Gasteiger partial charge is 0.393 e. The van der Waals surface area contributed by atoms with Crippen molar-refractivity contribution >= 4 is 16.8 Å². The summed E-state index contributed by atoms with van der Waals surface area (Å²) in [5, 5.41) is 13.6. The van der Waals surface area contributed by atoms with Crippen molar-refractivity contribution in [1.82, 2.24) is 10.3 Å². The Labute approximate surface area is 124 Å². The highest BCUT2D eigenvalue weighted by molar-refractivity contribution is 5.90. The van der Waals surface area contributed by atoms with E-state index in [9.17, 15) is 9.90 Å². The third-order valence-corrected chi connectivity index (χ3v) is 4.47.